The first-order chi connectivity index (χ1) is 7.66. The Morgan fingerprint density at radius 2 is 0.938 bits per heavy atom. The summed E-state index contributed by atoms with van der Waals surface area (Å²) in [5.41, 5.74) is 8.39. The number of hydrogen-bond donors (Lipinski definition) is 1. The molecule has 0 saturated heterocycles. The molecule has 3 spiro atoms. The average Bonchev–Trinajstić information content (AvgIpc) is 3.19. The summed E-state index contributed by atoms with van der Waals surface area (Å²) in [6.45, 7) is 0. The van der Waals surface area contributed by atoms with Gasteiger partial charge in [0, 0.05) is 6.04 Å². The Balaban J connectivity index is 1.42. The van der Waals surface area contributed by atoms with Crippen molar-refractivity contribution in [2.45, 2.75) is 76.7 Å². The van der Waals surface area contributed by atoms with Gasteiger partial charge in [-0.2, -0.15) is 0 Å². The maximum absolute atomic E-state index is 6.10. The predicted octanol–water partition coefficient (Wildman–Crippen LogP) is 3.62. The lowest BCUT2D eigenvalue weighted by Crippen LogP contribution is -2.34. The SMILES string of the molecule is NC1CC12CCC1(CCC3(CC3)CC1)CC2. The molecule has 0 aliphatic heterocycles. The third-order valence-electron chi connectivity index (χ3n) is 6.89. The molecule has 0 heterocycles. The molecule has 0 bridgehead atoms. The monoisotopic (exact) mass is 219 g/mol. The molecule has 1 unspecified atom stereocenters. The summed E-state index contributed by atoms with van der Waals surface area (Å²) in [6.07, 6.45) is 16.6. The third-order valence-corrected chi connectivity index (χ3v) is 6.89. The van der Waals surface area contributed by atoms with Crippen molar-refractivity contribution in [3.8, 4) is 0 Å². The van der Waals surface area contributed by atoms with E-state index in [0.29, 0.717) is 11.5 Å². The van der Waals surface area contributed by atoms with E-state index in [1.165, 1.54) is 32.1 Å². The molecule has 4 rings (SSSR count). The van der Waals surface area contributed by atoms with E-state index >= 15 is 0 Å². The van der Waals surface area contributed by atoms with Crippen molar-refractivity contribution in [1.82, 2.24) is 0 Å². The second-order valence-corrected chi connectivity index (χ2v) is 7.67. The first-order valence-corrected chi connectivity index (χ1v) is 7.42. The molecule has 1 heteroatoms. The normalized spacial score (nSPS) is 41.4. The van der Waals surface area contributed by atoms with Crippen LogP contribution in [0.1, 0.15) is 70.6 Å². The Morgan fingerprint density at radius 3 is 1.25 bits per heavy atom. The lowest BCUT2D eigenvalue weighted by atomic mass is 9.60. The second-order valence-electron chi connectivity index (χ2n) is 7.67. The van der Waals surface area contributed by atoms with Crippen LogP contribution < -0.4 is 5.73 Å². The third kappa shape index (κ3) is 1.33. The van der Waals surface area contributed by atoms with Gasteiger partial charge in [0.15, 0.2) is 0 Å². The van der Waals surface area contributed by atoms with Crippen molar-refractivity contribution in [2.24, 2.45) is 22.0 Å². The van der Waals surface area contributed by atoms with Crippen LogP contribution in [0.25, 0.3) is 0 Å². The van der Waals surface area contributed by atoms with Crippen molar-refractivity contribution >= 4 is 0 Å². The summed E-state index contributed by atoms with van der Waals surface area (Å²) in [6, 6.07) is 0.572. The molecule has 0 radical (unpaired) electrons. The fourth-order valence-electron chi connectivity index (χ4n) is 4.72. The molecule has 0 aromatic carbocycles. The van der Waals surface area contributed by atoms with Crippen LogP contribution in [0.15, 0.2) is 0 Å². The maximum Gasteiger partial charge on any atom is 0.0102 e. The Kier molecular flexibility index (Phi) is 1.77. The molecule has 16 heavy (non-hydrogen) atoms. The molecule has 0 aromatic rings. The van der Waals surface area contributed by atoms with E-state index in [4.69, 9.17) is 5.73 Å². The molecule has 0 aromatic heterocycles. The van der Waals surface area contributed by atoms with Crippen LogP contribution >= 0.6 is 0 Å². The summed E-state index contributed by atoms with van der Waals surface area (Å²) in [5, 5.41) is 0. The van der Waals surface area contributed by atoms with Crippen LogP contribution in [0, 0.1) is 16.2 Å². The van der Waals surface area contributed by atoms with Crippen LogP contribution in [-0.4, -0.2) is 6.04 Å². The van der Waals surface area contributed by atoms with Crippen LogP contribution in [0.4, 0.5) is 0 Å². The highest BCUT2D eigenvalue weighted by Gasteiger charge is 2.57. The fraction of sp³-hybridized carbons (Fsp3) is 1.00. The summed E-state index contributed by atoms with van der Waals surface area (Å²) in [5.74, 6) is 0. The quantitative estimate of drug-likeness (QED) is 0.661. The van der Waals surface area contributed by atoms with Gasteiger partial charge in [-0.1, -0.05) is 0 Å². The minimum absolute atomic E-state index is 0.572. The van der Waals surface area contributed by atoms with Gasteiger partial charge in [-0.05, 0) is 86.9 Å². The van der Waals surface area contributed by atoms with E-state index in [1.54, 1.807) is 38.5 Å². The Hall–Kier alpha value is -0.0400. The molecule has 0 amide bonds. The number of nitrogens with two attached hydrogens (primary N) is 1. The van der Waals surface area contributed by atoms with Gasteiger partial charge in [-0.25, -0.2) is 0 Å². The van der Waals surface area contributed by atoms with Crippen LogP contribution in [0.5, 0.6) is 0 Å². The van der Waals surface area contributed by atoms with E-state index in [-0.39, 0.29) is 0 Å². The van der Waals surface area contributed by atoms with Crippen molar-refractivity contribution in [3.05, 3.63) is 0 Å². The lowest BCUT2D eigenvalue weighted by molar-refractivity contribution is 0.0614. The van der Waals surface area contributed by atoms with Crippen molar-refractivity contribution in [3.63, 3.8) is 0 Å². The molecule has 4 fully saturated rings. The van der Waals surface area contributed by atoms with Crippen molar-refractivity contribution in [1.29, 1.82) is 0 Å². The summed E-state index contributed by atoms with van der Waals surface area (Å²) in [4.78, 5) is 0. The standard InChI is InChI=1S/C15H25N/c16-12-11-15(12)9-7-14(8-10-15)5-3-13(1-2-13)4-6-14/h12H,1-11,16H2. The largest absolute Gasteiger partial charge is 0.327 e. The maximum atomic E-state index is 6.10. The highest BCUT2D eigenvalue weighted by molar-refractivity contribution is 5.11. The molecular weight excluding hydrogens is 194 g/mol. The second kappa shape index (κ2) is 2.85. The van der Waals surface area contributed by atoms with E-state index in [9.17, 15) is 0 Å². The minimum Gasteiger partial charge on any atom is -0.327 e. The van der Waals surface area contributed by atoms with Crippen LogP contribution in [-0.2, 0) is 0 Å². The van der Waals surface area contributed by atoms with Gasteiger partial charge in [0.2, 0.25) is 0 Å². The average molecular weight is 219 g/mol. The van der Waals surface area contributed by atoms with E-state index in [0.717, 1.165) is 10.8 Å². The highest BCUT2D eigenvalue weighted by atomic mass is 14.8. The van der Waals surface area contributed by atoms with Gasteiger partial charge in [-0.3, -0.25) is 0 Å². The van der Waals surface area contributed by atoms with Crippen molar-refractivity contribution in [2.75, 3.05) is 0 Å². The first-order valence-electron chi connectivity index (χ1n) is 7.42. The zero-order valence-electron chi connectivity index (χ0n) is 10.4. The molecule has 90 valence electrons. The predicted molar refractivity (Wildman–Crippen MR) is 66.1 cm³/mol. The lowest BCUT2D eigenvalue weighted by Gasteiger charge is -2.45. The first kappa shape index (κ1) is 9.94. The van der Waals surface area contributed by atoms with Gasteiger partial charge in [0.1, 0.15) is 0 Å². The Bertz CT molecular complexity index is 295. The molecule has 4 saturated carbocycles. The zero-order chi connectivity index (χ0) is 10.9. The van der Waals surface area contributed by atoms with Crippen LogP contribution in [0.3, 0.4) is 0 Å². The van der Waals surface area contributed by atoms with Gasteiger partial charge in [0.25, 0.3) is 0 Å². The van der Waals surface area contributed by atoms with Gasteiger partial charge < -0.3 is 5.73 Å². The smallest absolute Gasteiger partial charge is 0.0102 e. The molecule has 1 nitrogen and oxygen atoms in total. The van der Waals surface area contributed by atoms with E-state index in [2.05, 4.69) is 0 Å². The van der Waals surface area contributed by atoms with Gasteiger partial charge in [0.05, 0.1) is 0 Å². The topological polar surface area (TPSA) is 26.0 Å². The minimum atomic E-state index is 0.572. The molecule has 2 N–H and O–H groups in total. The summed E-state index contributed by atoms with van der Waals surface area (Å²) in [7, 11) is 0. The molecular formula is C15H25N. The molecule has 4 aliphatic carbocycles. The summed E-state index contributed by atoms with van der Waals surface area (Å²) >= 11 is 0. The zero-order valence-corrected chi connectivity index (χ0v) is 10.4. The number of rotatable bonds is 0. The summed E-state index contributed by atoms with van der Waals surface area (Å²) < 4.78 is 0. The Labute approximate surface area is 99.2 Å². The highest BCUT2D eigenvalue weighted by Crippen LogP contribution is 2.66. The van der Waals surface area contributed by atoms with E-state index in [1.807, 2.05) is 0 Å². The fourth-order valence-corrected chi connectivity index (χ4v) is 4.72. The van der Waals surface area contributed by atoms with E-state index < -0.39 is 0 Å². The van der Waals surface area contributed by atoms with Crippen LogP contribution in [0.2, 0.25) is 0 Å². The van der Waals surface area contributed by atoms with Crippen molar-refractivity contribution < 1.29 is 0 Å². The molecule has 4 aliphatic rings. The van der Waals surface area contributed by atoms with Gasteiger partial charge in [-0.15, -0.1) is 0 Å². The van der Waals surface area contributed by atoms with Gasteiger partial charge >= 0.3 is 0 Å². The number of hydrogen-bond acceptors (Lipinski definition) is 1. The molecule has 1 atom stereocenters. The Morgan fingerprint density at radius 1 is 0.625 bits per heavy atom.